The maximum absolute atomic E-state index is 9.34. The van der Waals surface area contributed by atoms with E-state index in [-0.39, 0.29) is 21.1 Å². The molecule has 0 aliphatic heterocycles. The molecule has 0 aliphatic rings. The van der Waals surface area contributed by atoms with Crippen LogP contribution in [0.25, 0.3) is 0 Å². The number of unbranched alkanes of at least 4 members (excludes halogenated alkanes) is 10. The summed E-state index contributed by atoms with van der Waals surface area (Å²) in [6.45, 7) is 6.82. The predicted molar refractivity (Wildman–Crippen MR) is 111 cm³/mol. The summed E-state index contributed by atoms with van der Waals surface area (Å²) in [7, 11) is 0. The zero-order chi connectivity index (χ0) is 21.2. The van der Waals surface area contributed by atoms with Crippen molar-refractivity contribution in [2.75, 3.05) is 0 Å². The van der Waals surface area contributed by atoms with Crippen molar-refractivity contribution in [2.24, 2.45) is 0 Å². The first-order chi connectivity index (χ1) is 13.0. The van der Waals surface area contributed by atoms with E-state index in [4.69, 9.17) is 10.5 Å². The Kier molecular flexibility index (Phi) is 35.3. The van der Waals surface area contributed by atoms with Crippen LogP contribution in [0.1, 0.15) is 105 Å². The second-order valence-corrected chi connectivity index (χ2v) is 10.7. The molecule has 2 radical (unpaired) electrons. The maximum atomic E-state index is 9.34. The number of rotatable bonds is 14. The average Bonchev–Trinajstić information content (AvgIpc) is 2.66. The molecule has 0 aromatic carbocycles. The van der Waals surface area contributed by atoms with Gasteiger partial charge in [0, 0.05) is 13.8 Å². The molecule has 0 aromatic heterocycles. The van der Waals surface area contributed by atoms with Crippen molar-refractivity contribution in [3.8, 4) is 0 Å². The van der Waals surface area contributed by atoms with Gasteiger partial charge in [-0.1, -0.05) is 0 Å². The predicted octanol–water partition coefficient (Wildman–Crippen LogP) is 6.29. The molecule has 27 heavy (non-hydrogen) atoms. The van der Waals surface area contributed by atoms with Crippen LogP contribution in [0, 0.1) is 0 Å². The van der Waals surface area contributed by atoms with Crippen LogP contribution in [-0.4, -0.2) is 43.6 Å². The van der Waals surface area contributed by atoms with E-state index in [0.29, 0.717) is 0 Å². The van der Waals surface area contributed by atoms with Gasteiger partial charge in [-0.05, 0) is 0 Å². The zero-order valence-corrected chi connectivity index (χ0v) is 20.8. The first kappa shape index (κ1) is 31.4. The SMILES string of the molecule is CC(=O)OO.CC(=O)OO.CCCCCCC[CH2][Sn][CH2]CCCCCCC. The summed E-state index contributed by atoms with van der Waals surface area (Å²) in [4.78, 5) is 24.9. The van der Waals surface area contributed by atoms with Crippen LogP contribution in [0.2, 0.25) is 8.87 Å². The van der Waals surface area contributed by atoms with Crippen LogP contribution in [-0.2, 0) is 19.4 Å². The van der Waals surface area contributed by atoms with Gasteiger partial charge in [-0.25, -0.2) is 9.59 Å². The Labute approximate surface area is 176 Å². The fraction of sp³-hybridized carbons (Fsp3) is 0.900. The Bertz CT molecular complexity index is 272. The van der Waals surface area contributed by atoms with Crippen LogP contribution < -0.4 is 0 Å². The van der Waals surface area contributed by atoms with Gasteiger partial charge in [0.2, 0.25) is 0 Å². The molecule has 2 N–H and O–H groups in total. The van der Waals surface area contributed by atoms with Gasteiger partial charge in [-0.15, -0.1) is 0 Å². The quantitative estimate of drug-likeness (QED) is 0.127. The molecule has 6 nitrogen and oxygen atoms in total. The summed E-state index contributed by atoms with van der Waals surface area (Å²) in [5.74, 6) is -1.38. The summed E-state index contributed by atoms with van der Waals surface area (Å²) < 4.78 is 3.31. The average molecular weight is 497 g/mol. The van der Waals surface area contributed by atoms with E-state index < -0.39 is 11.9 Å². The molecular formula is C20H42O6Sn. The second-order valence-electron chi connectivity index (χ2n) is 6.45. The summed E-state index contributed by atoms with van der Waals surface area (Å²) in [6, 6.07) is 0. The minimum absolute atomic E-state index is 0.0736. The van der Waals surface area contributed by atoms with Crippen molar-refractivity contribution in [3.63, 3.8) is 0 Å². The Morgan fingerprint density at radius 3 is 1.15 bits per heavy atom. The van der Waals surface area contributed by atoms with E-state index in [1.165, 1.54) is 64.2 Å². The molecule has 7 heteroatoms. The van der Waals surface area contributed by atoms with Crippen LogP contribution in [0.15, 0.2) is 0 Å². The first-order valence-electron chi connectivity index (χ1n) is 10.3. The minimum atomic E-state index is -0.690. The van der Waals surface area contributed by atoms with Crippen LogP contribution >= 0.6 is 0 Å². The van der Waals surface area contributed by atoms with E-state index in [1.54, 1.807) is 21.7 Å². The Morgan fingerprint density at radius 2 is 0.889 bits per heavy atom. The van der Waals surface area contributed by atoms with E-state index in [9.17, 15) is 9.59 Å². The van der Waals surface area contributed by atoms with Gasteiger partial charge >= 0.3 is 133 Å². The van der Waals surface area contributed by atoms with Gasteiger partial charge < -0.3 is 9.78 Å². The summed E-state index contributed by atoms with van der Waals surface area (Å²) in [5.41, 5.74) is 0. The fourth-order valence-corrected chi connectivity index (χ4v) is 5.75. The standard InChI is InChI=1S/2C8H17.2C2H4O3.Sn/c2*1-3-5-7-8-6-4-2;2*1-2(3)5-4;/h2*1,3-8H2,2H3;2*4H,1H3;. The molecule has 0 heterocycles. The van der Waals surface area contributed by atoms with Crippen molar-refractivity contribution < 1.29 is 29.9 Å². The summed E-state index contributed by atoms with van der Waals surface area (Å²) in [5, 5.41) is 14.6. The molecule has 0 saturated heterocycles. The second kappa shape index (κ2) is 30.4. The normalized spacial score (nSPS) is 9.41. The van der Waals surface area contributed by atoms with Crippen molar-refractivity contribution >= 4 is 33.1 Å². The van der Waals surface area contributed by atoms with Crippen LogP contribution in [0.5, 0.6) is 0 Å². The molecule has 0 rings (SSSR count). The van der Waals surface area contributed by atoms with Gasteiger partial charge in [0.1, 0.15) is 0 Å². The van der Waals surface area contributed by atoms with Crippen molar-refractivity contribution in [2.45, 2.75) is 114 Å². The topological polar surface area (TPSA) is 93.1 Å². The number of hydrogen-bond acceptors (Lipinski definition) is 6. The van der Waals surface area contributed by atoms with E-state index in [0.717, 1.165) is 13.8 Å². The molecule has 0 spiro atoms. The Morgan fingerprint density at radius 1 is 0.630 bits per heavy atom. The van der Waals surface area contributed by atoms with Crippen LogP contribution in [0.4, 0.5) is 0 Å². The van der Waals surface area contributed by atoms with Gasteiger partial charge in [-0.3, -0.25) is 0 Å². The Hall–Kier alpha value is -0.341. The third-order valence-electron chi connectivity index (χ3n) is 3.67. The van der Waals surface area contributed by atoms with Crippen molar-refractivity contribution in [1.82, 2.24) is 0 Å². The molecule has 0 aromatic rings. The molecule has 0 aliphatic carbocycles. The number of carbonyl (C=O) groups is 2. The van der Waals surface area contributed by atoms with Gasteiger partial charge in [0.15, 0.2) is 0 Å². The Balaban J connectivity index is -0.000000471. The fourth-order valence-electron chi connectivity index (χ4n) is 2.19. The third-order valence-corrected chi connectivity index (χ3v) is 7.71. The number of carbonyl (C=O) groups excluding carboxylic acids is 2. The van der Waals surface area contributed by atoms with Gasteiger partial charge in [0.25, 0.3) is 0 Å². The number of hydrogen-bond donors (Lipinski definition) is 2. The van der Waals surface area contributed by atoms with Crippen molar-refractivity contribution in [1.29, 1.82) is 0 Å². The van der Waals surface area contributed by atoms with Crippen LogP contribution in [0.3, 0.4) is 0 Å². The molecule has 0 amide bonds. The van der Waals surface area contributed by atoms with Gasteiger partial charge in [-0.2, -0.15) is 10.5 Å². The third kappa shape index (κ3) is 46.1. The van der Waals surface area contributed by atoms with Gasteiger partial charge in [0.05, 0.1) is 0 Å². The molecule has 0 atom stereocenters. The van der Waals surface area contributed by atoms with E-state index in [1.807, 2.05) is 0 Å². The molecule has 0 bridgehead atoms. The summed E-state index contributed by atoms with van der Waals surface area (Å²) >= 11 is 0.0736. The molecule has 0 fully saturated rings. The van der Waals surface area contributed by atoms with E-state index >= 15 is 0 Å². The summed E-state index contributed by atoms with van der Waals surface area (Å²) in [6.07, 6.45) is 17.8. The molecular weight excluding hydrogens is 455 g/mol. The van der Waals surface area contributed by atoms with Crippen molar-refractivity contribution in [3.05, 3.63) is 0 Å². The van der Waals surface area contributed by atoms with E-state index in [2.05, 4.69) is 23.6 Å². The monoisotopic (exact) mass is 498 g/mol. The first-order valence-corrected chi connectivity index (χ1v) is 14.3. The molecule has 0 unspecified atom stereocenters. The molecule has 0 saturated carbocycles. The zero-order valence-electron chi connectivity index (χ0n) is 17.9. The molecule has 162 valence electrons.